The van der Waals surface area contributed by atoms with Gasteiger partial charge in [-0.15, -0.1) is 0 Å². The number of carbonyl (C=O) groups excluding carboxylic acids is 1. The number of rotatable bonds is 11. The molecule has 1 atom stereocenters. The largest absolute Gasteiger partial charge is 0.355 e. The van der Waals surface area contributed by atoms with Gasteiger partial charge in [0.1, 0.15) is 0 Å². The number of carbonyl (C=O) groups is 1. The van der Waals surface area contributed by atoms with Crippen molar-refractivity contribution in [2.75, 3.05) is 31.1 Å². The highest BCUT2D eigenvalue weighted by Crippen LogP contribution is 2.20. The molecule has 0 bridgehead atoms. The Kier molecular flexibility index (Phi) is 9.43. The van der Waals surface area contributed by atoms with Crippen LogP contribution in [0.5, 0.6) is 0 Å². The number of nitrogens with zero attached hydrogens (tertiary/aromatic N) is 1. The van der Waals surface area contributed by atoms with E-state index in [0.717, 1.165) is 36.3 Å². The summed E-state index contributed by atoms with van der Waals surface area (Å²) in [6.07, 6.45) is 2.83. The Balaban J connectivity index is 1.37. The smallest absolute Gasteiger partial charge is 0.224 e. The summed E-state index contributed by atoms with van der Waals surface area (Å²) in [6, 6.07) is 20.2. The molecule has 0 saturated carbocycles. The molecule has 1 N–H and O–H groups in total. The summed E-state index contributed by atoms with van der Waals surface area (Å²) in [7, 11) is -3.33. The predicted octanol–water partition coefficient (Wildman–Crippen LogP) is 3.71. The molecule has 1 fully saturated rings. The lowest BCUT2D eigenvalue weighted by Gasteiger charge is -2.31. The van der Waals surface area contributed by atoms with Crippen molar-refractivity contribution in [2.24, 2.45) is 5.92 Å². The van der Waals surface area contributed by atoms with Gasteiger partial charge in [-0.05, 0) is 36.8 Å². The molecule has 2 aromatic carbocycles. The maximum Gasteiger partial charge on any atom is 0.224 e. The van der Waals surface area contributed by atoms with Crippen LogP contribution < -0.4 is 5.32 Å². The van der Waals surface area contributed by atoms with Gasteiger partial charge in [-0.2, -0.15) is 11.8 Å². The number of piperidine rings is 1. The molecule has 5 nitrogen and oxygen atoms in total. The minimum absolute atomic E-state index is 0.0236. The Bertz CT molecular complexity index is 905. The third kappa shape index (κ3) is 7.98. The summed E-state index contributed by atoms with van der Waals surface area (Å²) < 4.78 is 27.1. The van der Waals surface area contributed by atoms with Gasteiger partial charge in [0, 0.05) is 31.1 Å². The number of sulfonamides is 1. The Labute approximate surface area is 190 Å². The van der Waals surface area contributed by atoms with E-state index in [9.17, 15) is 13.2 Å². The van der Waals surface area contributed by atoms with Crippen molar-refractivity contribution in [3.8, 4) is 0 Å². The van der Waals surface area contributed by atoms with Gasteiger partial charge in [0.05, 0.1) is 11.7 Å². The van der Waals surface area contributed by atoms with Crippen LogP contribution in [-0.2, 0) is 27.0 Å². The number of benzene rings is 2. The zero-order valence-electron chi connectivity index (χ0n) is 17.9. The van der Waals surface area contributed by atoms with Gasteiger partial charge in [0.25, 0.3) is 0 Å². The van der Waals surface area contributed by atoms with Crippen molar-refractivity contribution < 1.29 is 13.2 Å². The van der Waals surface area contributed by atoms with Gasteiger partial charge in [-0.1, -0.05) is 60.7 Å². The van der Waals surface area contributed by atoms with Crippen LogP contribution in [0.2, 0.25) is 0 Å². The summed E-state index contributed by atoms with van der Waals surface area (Å²) in [5.74, 6) is 1.62. The topological polar surface area (TPSA) is 66.5 Å². The summed E-state index contributed by atoms with van der Waals surface area (Å²) in [6.45, 7) is 1.43. The lowest BCUT2D eigenvalue weighted by molar-refractivity contribution is -0.125. The third-order valence-corrected chi connectivity index (χ3v) is 8.47. The standard InChI is InChI=1S/C24H32N2O3S2/c27-24(25-15-17-30-20-22-11-5-2-6-12-22)23-14-7-16-26(19-23)31(28,29)18-8-13-21-9-3-1-4-10-21/h1-6,9-12,23H,7-8,13-20H2,(H,25,27)/t23-/m1/s1. The fraction of sp³-hybridized carbons (Fsp3) is 0.458. The summed E-state index contributed by atoms with van der Waals surface area (Å²) in [5.41, 5.74) is 2.43. The van der Waals surface area contributed by atoms with Crippen molar-refractivity contribution in [1.82, 2.24) is 9.62 Å². The van der Waals surface area contributed by atoms with Gasteiger partial charge in [-0.25, -0.2) is 12.7 Å². The van der Waals surface area contributed by atoms with Crippen molar-refractivity contribution >= 4 is 27.7 Å². The molecular weight excluding hydrogens is 428 g/mol. The number of nitrogens with one attached hydrogen (secondary N) is 1. The van der Waals surface area contributed by atoms with Crippen molar-refractivity contribution in [3.05, 3.63) is 71.8 Å². The molecule has 2 aromatic rings. The SMILES string of the molecule is O=C(NCCSCc1ccccc1)[C@@H]1CCCN(S(=O)(=O)CCCc2ccccc2)C1. The van der Waals surface area contributed by atoms with Crippen LogP contribution in [-0.4, -0.2) is 49.8 Å². The quantitative estimate of drug-likeness (QED) is 0.519. The molecule has 3 rings (SSSR count). The van der Waals surface area contributed by atoms with Crippen molar-refractivity contribution in [1.29, 1.82) is 0 Å². The third-order valence-electron chi connectivity index (χ3n) is 5.52. The molecule has 1 heterocycles. The molecule has 1 aliphatic rings. The molecule has 0 unspecified atom stereocenters. The first-order valence-electron chi connectivity index (χ1n) is 11.0. The minimum atomic E-state index is -3.33. The van der Waals surface area contributed by atoms with E-state index < -0.39 is 10.0 Å². The monoisotopic (exact) mass is 460 g/mol. The second-order valence-electron chi connectivity index (χ2n) is 7.93. The molecular formula is C24H32N2O3S2. The first-order valence-corrected chi connectivity index (χ1v) is 13.7. The molecule has 0 spiro atoms. The molecule has 1 amide bonds. The number of amides is 1. The number of thioether (sulfide) groups is 1. The zero-order chi connectivity index (χ0) is 21.9. The lowest BCUT2D eigenvalue weighted by atomic mass is 9.99. The Morgan fingerprint density at radius 3 is 2.42 bits per heavy atom. The lowest BCUT2D eigenvalue weighted by Crippen LogP contribution is -2.46. The zero-order valence-corrected chi connectivity index (χ0v) is 19.5. The molecule has 0 aliphatic carbocycles. The summed E-state index contributed by atoms with van der Waals surface area (Å²) in [4.78, 5) is 12.6. The minimum Gasteiger partial charge on any atom is -0.355 e. The predicted molar refractivity (Wildman–Crippen MR) is 128 cm³/mol. The number of aryl methyl sites for hydroxylation is 1. The van der Waals surface area contributed by atoms with Crippen LogP contribution in [0.15, 0.2) is 60.7 Å². The van der Waals surface area contributed by atoms with Gasteiger partial charge in [-0.3, -0.25) is 4.79 Å². The van der Waals surface area contributed by atoms with Crippen molar-refractivity contribution in [3.63, 3.8) is 0 Å². The van der Waals surface area contributed by atoms with E-state index in [-0.39, 0.29) is 17.6 Å². The first kappa shape index (κ1) is 23.8. The second-order valence-corrected chi connectivity index (χ2v) is 11.1. The van der Waals surface area contributed by atoms with Crippen LogP contribution in [0.3, 0.4) is 0 Å². The molecule has 168 valence electrons. The summed E-state index contributed by atoms with van der Waals surface area (Å²) >= 11 is 1.79. The maximum atomic E-state index is 12.8. The highest BCUT2D eigenvalue weighted by Gasteiger charge is 2.31. The van der Waals surface area contributed by atoms with Gasteiger partial charge in [0.15, 0.2) is 0 Å². The molecule has 1 aliphatic heterocycles. The fourth-order valence-corrected chi connectivity index (χ4v) is 6.20. The second kappa shape index (κ2) is 12.3. The number of hydrogen-bond acceptors (Lipinski definition) is 4. The molecule has 31 heavy (non-hydrogen) atoms. The van der Waals surface area contributed by atoms with Gasteiger partial charge < -0.3 is 5.32 Å². The average molecular weight is 461 g/mol. The van der Waals surface area contributed by atoms with E-state index in [1.165, 1.54) is 9.87 Å². The first-order chi connectivity index (χ1) is 15.0. The van der Waals surface area contributed by atoms with E-state index in [1.807, 2.05) is 48.5 Å². The van der Waals surface area contributed by atoms with E-state index in [0.29, 0.717) is 26.1 Å². The van der Waals surface area contributed by atoms with Gasteiger partial charge in [0.2, 0.25) is 15.9 Å². The Hall–Kier alpha value is -1.83. The molecule has 0 aromatic heterocycles. The van der Waals surface area contributed by atoms with Crippen LogP contribution in [0.1, 0.15) is 30.4 Å². The Morgan fingerprint density at radius 2 is 1.71 bits per heavy atom. The molecule has 1 saturated heterocycles. The van der Waals surface area contributed by atoms with Crippen LogP contribution in [0.25, 0.3) is 0 Å². The molecule has 7 heteroatoms. The van der Waals surface area contributed by atoms with Crippen LogP contribution in [0, 0.1) is 5.92 Å². The van der Waals surface area contributed by atoms with Gasteiger partial charge >= 0.3 is 0 Å². The average Bonchev–Trinajstić information content (AvgIpc) is 2.80. The van der Waals surface area contributed by atoms with E-state index in [4.69, 9.17) is 0 Å². The fourth-order valence-electron chi connectivity index (χ4n) is 3.80. The highest BCUT2D eigenvalue weighted by atomic mass is 32.2. The van der Waals surface area contributed by atoms with E-state index >= 15 is 0 Å². The van der Waals surface area contributed by atoms with E-state index in [2.05, 4.69) is 17.4 Å². The van der Waals surface area contributed by atoms with Crippen molar-refractivity contribution in [2.45, 2.75) is 31.4 Å². The van der Waals surface area contributed by atoms with Crippen LogP contribution in [0.4, 0.5) is 0 Å². The van der Waals surface area contributed by atoms with Crippen LogP contribution >= 0.6 is 11.8 Å². The highest BCUT2D eigenvalue weighted by molar-refractivity contribution is 7.98. The Morgan fingerprint density at radius 1 is 1.03 bits per heavy atom. The summed E-state index contributed by atoms with van der Waals surface area (Å²) in [5, 5.41) is 2.99. The molecule has 0 radical (unpaired) electrons. The normalized spacial score (nSPS) is 17.4. The number of hydrogen-bond donors (Lipinski definition) is 1. The van der Waals surface area contributed by atoms with E-state index in [1.54, 1.807) is 11.8 Å². The maximum absolute atomic E-state index is 12.8.